The zero-order chi connectivity index (χ0) is 9.30. The quantitative estimate of drug-likeness (QED) is 0.482. The van der Waals surface area contributed by atoms with E-state index in [-0.39, 0.29) is 5.56 Å². The van der Waals surface area contributed by atoms with E-state index in [1.165, 1.54) is 6.92 Å². The highest BCUT2D eigenvalue weighted by atomic mass is 19.1. The van der Waals surface area contributed by atoms with Gasteiger partial charge in [-0.2, -0.15) is 4.39 Å². The largest absolute Gasteiger partial charge is 0.305 e. The van der Waals surface area contributed by atoms with Crippen molar-refractivity contribution in [2.45, 2.75) is 6.92 Å². The van der Waals surface area contributed by atoms with Crippen molar-refractivity contribution < 1.29 is 13.7 Å². The van der Waals surface area contributed by atoms with Crippen LogP contribution in [0, 0.1) is 28.7 Å². The van der Waals surface area contributed by atoms with Gasteiger partial charge in [0, 0.05) is 12.1 Å². The summed E-state index contributed by atoms with van der Waals surface area (Å²) in [5, 5.41) is 10.1. The summed E-state index contributed by atoms with van der Waals surface area (Å²) < 4.78 is 25.2. The molecule has 0 aliphatic rings. The number of rotatable bonds is 1. The SMILES string of the molecule is Cc1cc([N+](=O)[O-])c(F)cc1F. The van der Waals surface area contributed by atoms with Gasteiger partial charge in [-0.05, 0) is 12.5 Å². The van der Waals surface area contributed by atoms with Crippen molar-refractivity contribution in [1.29, 1.82) is 0 Å². The monoisotopic (exact) mass is 173 g/mol. The summed E-state index contributed by atoms with van der Waals surface area (Å²) in [5.74, 6) is -1.93. The van der Waals surface area contributed by atoms with E-state index in [1.54, 1.807) is 0 Å². The van der Waals surface area contributed by atoms with Crippen molar-refractivity contribution in [3.63, 3.8) is 0 Å². The second-order valence-electron chi connectivity index (χ2n) is 2.31. The maximum atomic E-state index is 12.6. The van der Waals surface area contributed by atoms with Crippen LogP contribution in [0.1, 0.15) is 5.56 Å². The number of hydrogen-bond donors (Lipinski definition) is 0. The van der Waals surface area contributed by atoms with Crippen molar-refractivity contribution in [3.8, 4) is 0 Å². The lowest BCUT2D eigenvalue weighted by Crippen LogP contribution is -1.95. The Labute approximate surface area is 66.8 Å². The smallest absolute Gasteiger partial charge is 0.258 e. The fourth-order valence-electron chi connectivity index (χ4n) is 0.782. The first-order valence-corrected chi connectivity index (χ1v) is 3.12. The summed E-state index contributed by atoms with van der Waals surface area (Å²) in [7, 11) is 0. The van der Waals surface area contributed by atoms with Crippen LogP contribution in [-0.4, -0.2) is 4.92 Å². The molecule has 0 amide bonds. The van der Waals surface area contributed by atoms with Crippen LogP contribution in [0.2, 0.25) is 0 Å². The summed E-state index contributed by atoms with van der Waals surface area (Å²) in [6.07, 6.45) is 0. The average molecular weight is 173 g/mol. The van der Waals surface area contributed by atoms with E-state index in [4.69, 9.17) is 0 Å². The van der Waals surface area contributed by atoms with Crippen LogP contribution < -0.4 is 0 Å². The Morgan fingerprint density at radius 1 is 1.33 bits per heavy atom. The second-order valence-corrected chi connectivity index (χ2v) is 2.31. The van der Waals surface area contributed by atoms with Gasteiger partial charge < -0.3 is 0 Å². The Bertz CT molecular complexity index is 338. The van der Waals surface area contributed by atoms with E-state index < -0.39 is 22.2 Å². The summed E-state index contributed by atoms with van der Waals surface area (Å²) in [5.41, 5.74) is -0.642. The first-order chi connectivity index (χ1) is 5.52. The topological polar surface area (TPSA) is 43.1 Å². The molecule has 0 atom stereocenters. The van der Waals surface area contributed by atoms with Crippen molar-refractivity contribution >= 4 is 5.69 Å². The van der Waals surface area contributed by atoms with Crippen LogP contribution in [0.25, 0.3) is 0 Å². The molecule has 0 spiro atoms. The molecule has 5 heteroatoms. The molecular formula is C7H5F2NO2. The Morgan fingerprint density at radius 2 is 1.92 bits per heavy atom. The lowest BCUT2D eigenvalue weighted by molar-refractivity contribution is -0.387. The lowest BCUT2D eigenvalue weighted by Gasteiger charge is -1.96. The third-order valence-electron chi connectivity index (χ3n) is 1.42. The maximum Gasteiger partial charge on any atom is 0.305 e. The van der Waals surface area contributed by atoms with Crippen LogP contribution in [0.15, 0.2) is 12.1 Å². The third-order valence-corrected chi connectivity index (χ3v) is 1.42. The number of nitro benzene ring substituents is 1. The fraction of sp³-hybridized carbons (Fsp3) is 0.143. The zero-order valence-corrected chi connectivity index (χ0v) is 6.17. The average Bonchev–Trinajstić information content (AvgIpc) is 1.96. The summed E-state index contributed by atoms with van der Waals surface area (Å²) in [6.45, 7) is 1.34. The van der Waals surface area contributed by atoms with E-state index in [2.05, 4.69) is 0 Å². The highest BCUT2D eigenvalue weighted by molar-refractivity contribution is 5.36. The van der Waals surface area contributed by atoms with Gasteiger partial charge in [0.25, 0.3) is 0 Å². The molecule has 0 bridgehead atoms. The van der Waals surface area contributed by atoms with Gasteiger partial charge in [0.1, 0.15) is 5.82 Å². The van der Waals surface area contributed by atoms with Crippen LogP contribution in [0.5, 0.6) is 0 Å². The molecule has 0 fully saturated rings. The molecule has 1 rings (SSSR count). The molecule has 0 radical (unpaired) electrons. The Kier molecular flexibility index (Phi) is 2.03. The van der Waals surface area contributed by atoms with Gasteiger partial charge >= 0.3 is 5.69 Å². The molecule has 0 N–H and O–H groups in total. The first kappa shape index (κ1) is 8.58. The minimum absolute atomic E-state index is 0.0584. The van der Waals surface area contributed by atoms with Crippen molar-refractivity contribution in [3.05, 3.63) is 39.4 Å². The van der Waals surface area contributed by atoms with Crippen molar-refractivity contribution in [2.24, 2.45) is 0 Å². The minimum atomic E-state index is -1.15. The van der Waals surface area contributed by atoms with Gasteiger partial charge in [0.2, 0.25) is 5.82 Å². The number of nitro groups is 1. The van der Waals surface area contributed by atoms with E-state index in [0.29, 0.717) is 6.07 Å². The normalized spacial score (nSPS) is 9.92. The van der Waals surface area contributed by atoms with E-state index in [1.807, 2.05) is 0 Å². The Balaban J connectivity index is 3.33. The summed E-state index contributed by atoms with van der Waals surface area (Å²) in [6, 6.07) is 1.37. The van der Waals surface area contributed by atoms with Crippen molar-refractivity contribution in [1.82, 2.24) is 0 Å². The second kappa shape index (κ2) is 2.84. The third kappa shape index (κ3) is 1.39. The van der Waals surface area contributed by atoms with E-state index >= 15 is 0 Å². The predicted molar refractivity (Wildman–Crippen MR) is 37.7 cm³/mol. The predicted octanol–water partition coefficient (Wildman–Crippen LogP) is 2.18. The van der Waals surface area contributed by atoms with Gasteiger partial charge in [-0.3, -0.25) is 10.1 Å². The lowest BCUT2D eigenvalue weighted by atomic mass is 10.2. The van der Waals surface area contributed by atoms with Gasteiger partial charge in [0.15, 0.2) is 0 Å². The number of nitrogens with zero attached hydrogens (tertiary/aromatic N) is 1. The van der Waals surface area contributed by atoms with Crippen molar-refractivity contribution in [2.75, 3.05) is 0 Å². The molecule has 0 aliphatic carbocycles. The number of benzene rings is 1. The Morgan fingerprint density at radius 3 is 2.42 bits per heavy atom. The molecular weight excluding hydrogens is 168 g/mol. The summed E-state index contributed by atoms with van der Waals surface area (Å²) >= 11 is 0. The van der Waals surface area contributed by atoms with E-state index in [9.17, 15) is 18.9 Å². The molecule has 0 aliphatic heterocycles. The van der Waals surface area contributed by atoms with Gasteiger partial charge in [-0.15, -0.1) is 0 Å². The highest BCUT2D eigenvalue weighted by Gasteiger charge is 2.15. The zero-order valence-electron chi connectivity index (χ0n) is 6.17. The molecule has 0 aromatic heterocycles. The van der Waals surface area contributed by atoms with Crippen LogP contribution in [0.3, 0.4) is 0 Å². The van der Waals surface area contributed by atoms with E-state index in [0.717, 1.165) is 6.07 Å². The Hall–Kier alpha value is -1.52. The number of halogens is 2. The standard InChI is InChI=1S/C7H5F2NO2/c1-4-2-7(10(11)12)6(9)3-5(4)8/h2-3H,1H3. The molecule has 1 aromatic rings. The maximum absolute atomic E-state index is 12.6. The van der Waals surface area contributed by atoms with Gasteiger partial charge in [-0.1, -0.05) is 0 Å². The number of hydrogen-bond acceptors (Lipinski definition) is 2. The molecule has 1 aromatic carbocycles. The molecule has 12 heavy (non-hydrogen) atoms. The summed E-state index contributed by atoms with van der Waals surface area (Å²) in [4.78, 5) is 9.24. The molecule has 0 saturated heterocycles. The first-order valence-electron chi connectivity index (χ1n) is 3.12. The molecule has 0 heterocycles. The van der Waals surface area contributed by atoms with Gasteiger partial charge in [0.05, 0.1) is 4.92 Å². The fourth-order valence-corrected chi connectivity index (χ4v) is 0.782. The van der Waals surface area contributed by atoms with Crippen LogP contribution >= 0.6 is 0 Å². The van der Waals surface area contributed by atoms with Crippen LogP contribution in [-0.2, 0) is 0 Å². The number of aryl methyl sites for hydroxylation is 1. The molecule has 0 saturated carbocycles. The molecule has 3 nitrogen and oxygen atoms in total. The molecule has 0 unspecified atom stereocenters. The minimum Gasteiger partial charge on any atom is -0.258 e. The molecule has 64 valence electrons. The highest BCUT2D eigenvalue weighted by Crippen LogP contribution is 2.20. The van der Waals surface area contributed by atoms with Crippen LogP contribution in [0.4, 0.5) is 14.5 Å². The van der Waals surface area contributed by atoms with Gasteiger partial charge in [-0.25, -0.2) is 4.39 Å².